The second-order valence-electron chi connectivity index (χ2n) is 2.83. The summed E-state index contributed by atoms with van der Waals surface area (Å²) >= 11 is 11.6. The standard InChI is InChI=1S/C9H9Cl2NO3/c1-15-8-5(7(12)9(13)14)2-4(10)3-6(8)11/h2-3,7H,12H2,1H3,(H,13,14). The quantitative estimate of drug-likeness (QED) is 0.861. The largest absolute Gasteiger partial charge is 0.495 e. The van der Waals surface area contributed by atoms with Crippen molar-refractivity contribution in [3.8, 4) is 5.75 Å². The Labute approximate surface area is 96.5 Å². The van der Waals surface area contributed by atoms with E-state index in [4.69, 9.17) is 38.8 Å². The number of rotatable bonds is 3. The van der Waals surface area contributed by atoms with Gasteiger partial charge >= 0.3 is 5.97 Å². The van der Waals surface area contributed by atoms with Crippen LogP contribution < -0.4 is 10.5 Å². The molecule has 0 saturated heterocycles. The predicted molar refractivity (Wildman–Crippen MR) is 57.6 cm³/mol. The maximum atomic E-state index is 10.7. The number of carboxylic acid groups (broad SMARTS) is 1. The van der Waals surface area contributed by atoms with Gasteiger partial charge in [0.2, 0.25) is 0 Å². The Morgan fingerprint density at radius 3 is 2.60 bits per heavy atom. The first-order valence-corrected chi connectivity index (χ1v) is 4.74. The van der Waals surface area contributed by atoms with E-state index in [1.165, 1.54) is 19.2 Å². The minimum absolute atomic E-state index is 0.232. The van der Waals surface area contributed by atoms with Gasteiger partial charge in [-0.2, -0.15) is 0 Å². The summed E-state index contributed by atoms with van der Waals surface area (Å²) in [6, 6.07) is 1.67. The van der Waals surface area contributed by atoms with E-state index in [-0.39, 0.29) is 16.3 Å². The normalized spacial score (nSPS) is 12.3. The van der Waals surface area contributed by atoms with Gasteiger partial charge in [0, 0.05) is 10.6 Å². The zero-order chi connectivity index (χ0) is 11.6. The van der Waals surface area contributed by atoms with E-state index < -0.39 is 12.0 Å². The van der Waals surface area contributed by atoms with E-state index in [0.717, 1.165) is 0 Å². The Morgan fingerprint density at radius 1 is 1.53 bits per heavy atom. The summed E-state index contributed by atoms with van der Waals surface area (Å²) in [4.78, 5) is 10.7. The van der Waals surface area contributed by atoms with Gasteiger partial charge in [-0.3, -0.25) is 4.79 Å². The second-order valence-corrected chi connectivity index (χ2v) is 3.67. The van der Waals surface area contributed by atoms with Crippen molar-refractivity contribution >= 4 is 29.2 Å². The lowest BCUT2D eigenvalue weighted by molar-refractivity contribution is -0.138. The predicted octanol–water partition coefficient (Wildman–Crippen LogP) is 2.09. The van der Waals surface area contributed by atoms with Crippen LogP contribution in [0.25, 0.3) is 0 Å². The van der Waals surface area contributed by atoms with Crippen LogP contribution >= 0.6 is 23.2 Å². The molecular formula is C9H9Cl2NO3. The minimum Gasteiger partial charge on any atom is -0.495 e. The lowest BCUT2D eigenvalue weighted by Gasteiger charge is -2.13. The van der Waals surface area contributed by atoms with E-state index in [1.807, 2.05) is 0 Å². The fourth-order valence-corrected chi connectivity index (χ4v) is 1.75. The van der Waals surface area contributed by atoms with Gasteiger partial charge in [-0.1, -0.05) is 23.2 Å². The van der Waals surface area contributed by atoms with Crippen LogP contribution in [0.15, 0.2) is 12.1 Å². The fourth-order valence-electron chi connectivity index (χ4n) is 1.16. The molecule has 6 heteroatoms. The van der Waals surface area contributed by atoms with Crippen LogP contribution in [0.1, 0.15) is 11.6 Å². The number of ether oxygens (including phenoxy) is 1. The Kier molecular flexibility index (Phi) is 3.79. The number of hydrogen-bond donors (Lipinski definition) is 2. The van der Waals surface area contributed by atoms with E-state index in [0.29, 0.717) is 5.02 Å². The smallest absolute Gasteiger partial charge is 0.325 e. The zero-order valence-corrected chi connectivity index (χ0v) is 9.34. The average molecular weight is 250 g/mol. The molecule has 1 atom stereocenters. The van der Waals surface area contributed by atoms with E-state index in [9.17, 15) is 4.79 Å². The van der Waals surface area contributed by atoms with Crippen LogP contribution in [-0.2, 0) is 4.79 Å². The molecule has 0 bridgehead atoms. The third kappa shape index (κ3) is 2.53. The van der Waals surface area contributed by atoms with Crippen molar-refractivity contribution in [1.29, 1.82) is 0 Å². The third-order valence-electron chi connectivity index (χ3n) is 1.84. The number of hydrogen-bond acceptors (Lipinski definition) is 3. The molecule has 0 aliphatic heterocycles. The Morgan fingerprint density at radius 2 is 2.13 bits per heavy atom. The van der Waals surface area contributed by atoms with Gasteiger partial charge < -0.3 is 15.6 Å². The van der Waals surface area contributed by atoms with Crippen LogP contribution in [0, 0.1) is 0 Å². The van der Waals surface area contributed by atoms with Gasteiger partial charge in [-0.25, -0.2) is 0 Å². The van der Waals surface area contributed by atoms with Crippen LogP contribution in [0.5, 0.6) is 5.75 Å². The Hall–Kier alpha value is -0.970. The van der Waals surface area contributed by atoms with E-state index >= 15 is 0 Å². The van der Waals surface area contributed by atoms with Gasteiger partial charge in [0.15, 0.2) is 0 Å². The molecule has 0 radical (unpaired) electrons. The van der Waals surface area contributed by atoms with Crippen molar-refractivity contribution in [2.24, 2.45) is 5.73 Å². The van der Waals surface area contributed by atoms with Gasteiger partial charge in [0.1, 0.15) is 11.8 Å². The number of nitrogens with two attached hydrogens (primary N) is 1. The monoisotopic (exact) mass is 249 g/mol. The molecule has 0 fully saturated rings. The molecule has 0 saturated carbocycles. The molecule has 0 aliphatic carbocycles. The van der Waals surface area contributed by atoms with Crippen molar-refractivity contribution in [3.63, 3.8) is 0 Å². The van der Waals surface area contributed by atoms with Crippen LogP contribution in [-0.4, -0.2) is 18.2 Å². The molecule has 1 aromatic rings. The van der Waals surface area contributed by atoms with Gasteiger partial charge in [0.05, 0.1) is 12.1 Å². The summed E-state index contributed by atoms with van der Waals surface area (Å²) in [6.07, 6.45) is 0. The first-order valence-electron chi connectivity index (χ1n) is 3.98. The van der Waals surface area contributed by atoms with Crippen LogP contribution in [0.3, 0.4) is 0 Å². The molecule has 3 N–H and O–H groups in total. The van der Waals surface area contributed by atoms with Crippen molar-refractivity contribution in [2.75, 3.05) is 7.11 Å². The maximum Gasteiger partial charge on any atom is 0.325 e. The molecule has 15 heavy (non-hydrogen) atoms. The highest BCUT2D eigenvalue weighted by molar-refractivity contribution is 6.35. The molecule has 4 nitrogen and oxygen atoms in total. The number of aliphatic carboxylic acids is 1. The van der Waals surface area contributed by atoms with Crippen molar-refractivity contribution in [2.45, 2.75) is 6.04 Å². The average Bonchev–Trinajstić information content (AvgIpc) is 2.15. The summed E-state index contributed by atoms with van der Waals surface area (Å²) in [5.41, 5.74) is 5.71. The second kappa shape index (κ2) is 4.70. The highest BCUT2D eigenvalue weighted by Crippen LogP contribution is 2.35. The molecule has 0 spiro atoms. The summed E-state index contributed by atoms with van der Waals surface area (Å²) in [5, 5.41) is 9.32. The first-order chi connectivity index (χ1) is 6.97. The molecular weight excluding hydrogens is 241 g/mol. The highest BCUT2D eigenvalue weighted by atomic mass is 35.5. The topological polar surface area (TPSA) is 72.5 Å². The highest BCUT2D eigenvalue weighted by Gasteiger charge is 2.21. The summed E-state index contributed by atoms with van der Waals surface area (Å²) < 4.78 is 4.97. The number of carbonyl (C=O) groups is 1. The van der Waals surface area contributed by atoms with Gasteiger partial charge in [0.25, 0.3) is 0 Å². The SMILES string of the molecule is COc1c(Cl)cc(Cl)cc1C(N)C(=O)O. The molecule has 1 unspecified atom stereocenters. The first kappa shape index (κ1) is 12.1. The molecule has 0 amide bonds. The number of carboxylic acids is 1. The Balaban J connectivity index is 3.32. The number of halogens is 2. The van der Waals surface area contributed by atoms with E-state index in [2.05, 4.69) is 0 Å². The zero-order valence-electron chi connectivity index (χ0n) is 7.83. The molecule has 82 valence electrons. The summed E-state index contributed by atoms with van der Waals surface area (Å²) in [6.45, 7) is 0. The van der Waals surface area contributed by atoms with Gasteiger partial charge in [-0.15, -0.1) is 0 Å². The number of benzene rings is 1. The van der Waals surface area contributed by atoms with Crippen LogP contribution in [0.2, 0.25) is 10.0 Å². The Bertz CT molecular complexity index is 395. The molecule has 0 aromatic heterocycles. The summed E-state index contributed by atoms with van der Waals surface area (Å²) in [7, 11) is 1.38. The molecule has 1 aromatic carbocycles. The number of methoxy groups -OCH3 is 1. The molecule has 0 aliphatic rings. The van der Waals surface area contributed by atoms with Crippen molar-refractivity contribution in [3.05, 3.63) is 27.7 Å². The fraction of sp³-hybridized carbons (Fsp3) is 0.222. The minimum atomic E-state index is -1.21. The molecule has 0 heterocycles. The lowest BCUT2D eigenvalue weighted by Crippen LogP contribution is -2.21. The van der Waals surface area contributed by atoms with Crippen LogP contribution in [0.4, 0.5) is 0 Å². The third-order valence-corrected chi connectivity index (χ3v) is 2.34. The lowest BCUT2D eigenvalue weighted by atomic mass is 10.1. The van der Waals surface area contributed by atoms with Gasteiger partial charge in [-0.05, 0) is 12.1 Å². The molecule has 1 rings (SSSR count). The van der Waals surface area contributed by atoms with E-state index in [1.54, 1.807) is 0 Å². The maximum absolute atomic E-state index is 10.7. The van der Waals surface area contributed by atoms with Crippen molar-refractivity contribution < 1.29 is 14.6 Å². The summed E-state index contributed by atoms with van der Waals surface area (Å²) in [5.74, 6) is -0.942. The van der Waals surface area contributed by atoms with Crippen molar-refractivity contribution in [1.82, 2.24) is 0 Å².